The van der Waals surface area contributed by atoms with Gasteiger partial charge in [-0.3, -0.25) is 4.79 Å². The number of benzene rings is 2. The number of nitrogens with one attached hydrogen (secondary N) is 1. The largest absolute Gasteiger partial charge is 0.464 e. The smallest absolute Gasteiger partial charge is 0.338 e. The first-order valence-corrected chi connectivity index (χ1v) is 8.79. The van der Waals surface area contributed by atoms with Gasteiger partial charge in [-0.05, 0) is 61.5 Å². The Kier molecular flexibility index (Phi) is 5.53. The molecule has 1 N–H and O–H groups in total. The van der Waals surface area contributed by atoms with Gasteiger partial charge in [0.05, 0.1) is 18.4 Å². The highest BCUT2D eigenvalue weighted by atomic mass is 79.9. The highest BCUT2D eigenvalue weighted by molar-refractivity contribution is 9.10. The Morgan fingerprint density at radius 3 is 2.65 bits per heavy atom. The summed E-state index contributed by atoms with van der Waals surface area (Å²) in [5, 5.41) is 2.81. The number of amides is 1. The van der Waals surface area contributed by atoms with E-state index >= 15 is 0 Å². The molecular formula is C20H16BrNO4. The maximum absolute atomic E-state index is 12.5. The van der Waals surface area contributed by atoms with Gasteiger partial charge in [-0.15, -0.1) is 0 Å². The van der Waals surface area contributed by atoms with E-state index < -0.39 is 0 Å². The van der Waals surface area contributed by atoms with Gasteiger partial charge in [-0.1, -0.05) is 15.9 Å². The van der Waals surface area contributed by atoms with Crippen molar-refractivity contribution in [2.24, 2.45) is 0 Å². The van der Waals surface area contributed by atoms with Crippen LogP contribution in [0.25, 0.3) is 6.08 Å². The predicted molar refractivity (Wildman–Crippen MR) is 103 cm³/mol. The van der Waals surface area contributed by atoms with Gasteiger partial charge in [-0.25, -0.2) is 4.79 Å². The number of fused-ring (bicyclic) bond motifs is 1. The Balaban J connectivity index is 1.76. The van der Waals surface area contributed by atoms with E-state index in [1.54, 1.807) is 43.3 Å². The van der Waals surface area contributed by atoms with Gasteiger partial charge in [0.25, 0.3) is 5.91 Å². The Hall–Kier alpha value is -2.86. The zero-order valence-electron chi connectivity index (χ0n) is 14.0. The molecule has 1 aliphatic heterocycles. The van der Waals surface area contributed by atoms with Gasteiger partial charge in [0.1, 0.15) is 5.75 Å². The average molecular weight is 414 g/mol. The summed E-state index contributed by atoms with van der Waals surface area (Å²) in [5.41, 5.74) is 2.27. The van der Waals surface area contributed by atoms with Crippen LogP contribution in [0, 0.1) is 0 Å². The lowest BCUT2D eigenvalue weighted by atomic mass is 10.1. The summed E-state index contributed by atoms with van der Waals surface area (Å²) in [5.74, 6) is 0.00622. The van der Waals surface area contributed by atoms with E-state index in [4.69, 9.17) is 9.47 Å². The van der Waals surface area contributed by atoms with E-state index in [-0.39, 0.29) is 11.9 Å². The highest BCUT2D eigenvalue weighted by Crippen LogP contribution is 2.28. The number of hydrogen-bond donors (Lipinski definition) is 1. The van der Waals surface area contributed by atoms with Gasteiger partial charge < -0.3 is 14.8 Å². The molecule has 0 radical (unpaired) electrons. The van der Waals surface area contributed by atoms with Crippen LogP contribution in [-0.4, -0.2) is 18.5 Å². The quantitative estimate of drug-likeness (QED) is 0.746. The number of ether oxygens (including phenoxy) is 2. The number of carbonyl (C=O) groups excluding carboxylic acids is 2. The molecule has 3 rings (SSSR count). The van der Waals surface area contributed by atoms with Gasteiger partial charge in [0.15, 0.2) is 0 Å². The van der Waals surface area contributed by atoms with Crippen molar-refractivity contribution in [1.82, 2.24) is 0 Å². The molecule has 0 bridgehead atoms. The maximum Gasteiger partial charge on any atom is 0.338 e. The molecule has 1 amide bonds. The normalized spacial score (nSPS) is 12.3. The van der Waals surface area contributed by atoms with Gasteiger partial charge in [0, 0.05) is 21.3 Å². The molecule has 0 atom stereocenters. The highest BCUT2D eigenvalue weighted by Gasteiger charge is 2.13. The van der Waals surface area contributed by atoms with Crippen LogP contribution in [0.1, 0.15) is 22.8 Å². The maximum atomic E-state index is 12.5. The van der Waals surface area contributed by atoms with Crippen LogP contribution in [0.15, 0.2) is 64.8 Å². The summed E-state index contributed by atoms with van der Waals surface area (Å²) < 4.78 is 11.3. The number of carbonyl (C=O) groups is 2. The first-order chi connectivity index (χ1) is 12.6. The fraction of sp³-hybridized carbons (Fsp3) is 0.100. The van der Waals surface area contributed by atoms with E-state index in [1.807, 2.05) is 18.2 Å². The fourth-order valence-corrected chi connectivity index (χ4v) is 2.76. The number of anilines is 1. The fourth-order valence-electron chi connectivity index (χ4n) is 2.38. The molecule has 0 spiro atoms. The van der Waals surface area contributed by atoms with E-state index in [0.717, 1.165) is 10.0 Å². The van der Waals surface area contributed by atoms with Crippen LogP contribution in [0.4, 0.5) is 5.69 Å². The van der Waals surface area contributed by atoms with Crippen molar-refractivity contribution in [2.75, 3.05) is 11.9 Å². The molecule has 0 saturated heterocycles. The zero-order valence-corrected chi connectivity index (χ0v) is 15.6. The zero-order chi connectivity index (χ0) is 18.5. The molecule has 0 fully saturated rings. The number of halogens is 1. The monoisotopic (exact) mass is 413 g/mol. The molecule has 6 heteroatoms. The number of rotatable bonds is 4. The van der Waals surface area contributed by atoms with Gasteiger partial charge in [-0.2, -0.15) is 0 Å². The molecule has 0 unspecified atom stereocenters. The van der Waals surface area contributed by atoms with Crippen molar-refractivity contribution in [1.29, 1.82) is 0 Å². The summed E-state index contributed by atoms with van der Waals surface area (Å²) in [6, 6.07) is 12.1. The van der Waals surface area contributed by atoms with Crippen LogP contribution in [0.2, 0.25) is 0 Å². The van der Waals surface area contributed by atoms with Crippen molar-refractivity contribution in [2.45, 2.75) is 6.92 Å². The van der Waals surface area contributed by atoms with Crippen molar-refractivity contribution in [3.8, 4) is 5.75 Å². The molecule has 2 aromatic rings. The Morgan fingerprint density at radius 1 is 1.15 bits per heavy atom. The van der Waals surface area contributed by atoms with Crippen molar-refractivity contribution >= 4 is 39.6 Å². The van der Waals surface area contributed by atoms with E-state index in [9.17, 15) is 9.59 Å². The van der Waals surface area contributed by atoms with Crippen molar-refractivity contribution in [3.63, 3.8) is 0 Å². The molecule has 1 aliphatic rings. The van der Waals surface area contributed by atoms with Crippen LogP contribution >= 0.6 is 15.9 Å². The van der Waals surface area contributed by atoms with Crippen LogP contribution < -0.4 is 10.1 Å². The van der Waals surface area contributed by atoms with E-state index in [0.29, 0.717) is 29.2 Å². The Bertz CT molecular complexity index is 901. The first-order valence-electron chi connectivity index (χ1n) is 8.00. The molecule has 0 aliphatic carbocycles. The lowest BCUT2D eigenvalue weighted by Gasteiger charge is -2.07. The molecule has 0 aromatic heterocycles. The second kappa shape index (κ2) is 8.01. The Morgan fingerprint density at radius 2 is 1.92 bits per heavy atom. The van der Waals surface area contributed by atoms with Crippen LogP contribution in [0.3, 0.4) is 0 Å². The molecular weight excluding hydrogens is 398 g/mol. The SMILES string of the molecule is CCOC(=O)c1ccc(NC(=O)C2=Cc3cc(Br)ccc3OC=C2)cc1. The molecule has 132 valence electrons. The van der Waals surface area contributed by atoms with Crippen LogP contribution in [-0.2, 0) is 9.53 Å². The predicted octanol–water partition coefficient (Wildman–Crippen LogP) is 4.55. The second-order valence-electron chi connectivity index (χ2n) is 5.45. The van der Waals surface area contributed by atoms with Crippen LogP contribution in [0.5, 0.6) is 5.75 Å². The summed E-state index contributed by atoms with van der Waals surface area (Å²) in [7, 11) is 0. The standard InChI is InChI=1S/C20H16BrNO4/c1-2-25-20(24)13-3-6-17(7-4-13)22-19(23)14-9-10-26-18-8-5-16(21)12-15(18)11-14/h3-12H,2H2,1H3,(H,22,23). The van der Waals surface area contributed by atoms with Gasteiger partial charge in [0.2, 0.25) is 0 Å². The third kappa shape index (κ3) is 4.21. The number of hydrogen-bond acceptors (Lipinski definition) is 4. The molecule has 2 aromatic carbocycles. The minimum atomic E-state index is -0.390. The van der Waals surface area contributed by atoms with E-state index in [2.05, 4.69) is 21.2 Å². The van der Waals surface area contributed by atoms with Gasteiger partial charge >= 0.3 is 5.97 Å². The summed E-state index contributed by atoms with van der Waals surface area (Å²) >= 11 is 3.41. The topological polar surface area (TPSA) is 64.6 Å². The van der Waals surface area contributed by atoms with Crippen molar-refractivity contribution < 1.29 is 19.1 Å². The third-order valence-electron chi connectivity index (χ3n) is 3.64. The third-order valence-corrected chi connectivity index (χ3v) is 4.13. The first kappa shape index (κ1) is 17.9. The lowest BCUT2D eigenvalue weighted by Crippen LogP contribution is -2.13. The average Bonchev–Trinajstić information content (AvgIpc) is 2.84. The summed E-state index contributed by atoms with van der Waals surface area (Å²) in [4.78, 5) is 24.2. The molecule has 1 heterocycles. The van der Waals surface area contributed by atoms with Crippen molar-refractivity contribution in [3.05, 3.63) is 76.0 Å². The minimum Gasteiger partial charge on any atom is -0.464 e. The molecule has 26 heavy (non-hydrogen) atoms. The second-order valence-corrected chi connectivity index (χ2v) is 6.37. The molecule has 5 nitrogen and oxygen atoms in total. The number of esters is 1. The summed E-state index contributed by atoms with van der Waals surface area (Å²) in [6.07, 6.45) is 4.84. The van der Waals surface area contributed by atoms with E-state index in [1.165, 1.54) is 6.26 Å². The molecule has 0 saturated carbocycles. The lowest BCUT2D eigenvalue weighted by molar-refractivity contribution is -0.112. The minimum absolute atomic E-state index is 0.276. The Labute approximate surface area is 159 Å². The summed E-state index contributed by atoms with van der Waals surface area (Å²) in [6.45, 7) is 2.07.